The molecule has 1 aliphatic rings. The first-order chi connectivity index (χ1) is 7.75. The maximum Gasteiger partial charge on any atom is 0.219 e. The van der Waals surface area contributed by atoms with Crippen LogP contribution in [0.1, 0.15) is 25.6 Å². The average Bonchev–Trinajstić information content (AvgIpc) is 2.80. The van der Waals surface area contributed by atoms with Gasteiger partial charge in [-0.1, -0.05) is 5.16 Å². The zero-order valence-corrected chi connectivity index (χ0v) is 9.35. The number of nitrogens with zero attached hydrogens (tertiary/aromatic N) is 3. The maximum atomic E-state index is 11.1. The van der Waals surface area contributed by atoms with Crippen molar-refractivity contribution >= 4 is 5.91 Å². The van der Waals surface area contributed by atoms with E-state index < -0.39 is 0 Å². The molecule has 2 rings (SSSR count). The lowest BCUT2D eigenvalue weighted by Crippen LogP contribution is -2.44. The summed E-state index contributed by atoms with van der Waals surface area (Å²) in [4.78, 5) is 16.9. The van der Waals surface area contributed by atoms with E-state index >= 15 is 0 Å². The Kier molecular flexibility index (Phi) is 3.51. The Morgan fingerprint density at radius 3 is 2.94 bits per heavy atom. The van der Waals surface area contributed by atoms with Crippen molar-refractivity contribution in [3.8, 4) is 0 Å². The fraction of sp³-hybridized carbons (Fsp3) is 0.700. The van der Waals surface area contributed by atoms with Crippen LogP contribution in [0.4, 0.5) is 0 Å². The van der Waals surface area contributed by atoms with Crippen LogP contribution in [0, 0.1) is 0 Å². The minimum absolute atomic E-state index is 0.164. The molecular formula is C10H16N4O2. The third-order valence-corrected chi connectivity index (χ3v) is 2.90. The van der Waals surface area contributed by atoms with E-state index in [4.69, 9.17) is 0 Å². The molecule has 1 saturated heterocycles. The smallest absolute Gasteiger partial charge is 0.219 e. The number of piperidine rings is 1. The molecule has 6 heteroatoms. The highest BCUT2D eigenvalue weighted by Crippen LogP contribution is 2.10. The first-order valence-corrected chi connectivity index (χ1v) is 5.50. The number of amides is 1. The van der Waals surface area contributed by atoms with E-state index in [0.717, 1.165) is 25.9 Å². The molecule has 0 aromatic carbocycles. The molecule has 0 spiro atoms. The quantitative estimate of drug-likeness (QED) is 0.792. The standard InChI is InChI=1S/C10H16N4O2/c1-8(15)14-4-2-9(3-5-14)11-6-10-12-7-16-13-10/h7,9,11H,2-6H2,1H3. The number of carbonyl (C=O) groups excluding carboxylic acids is 1. The summed E-state index contributed by atoms with van der Waals surface area (Å²) in [6, 6.07) is 0.439. The fourth-order valence-corrected chi connectivity index (χ4v) is 1.90. The lowest BCUT2D eigenvalue weighted by molar-refractivity contribution is -0.129. The van der Waals surface area contributed by atoms with Gasteiger partial charge in [0.25, 0.3) is 0 Å². The summed E-state index contributed by atoms with van der Waals surface area (Å²) in [5.74, 6) is 0.839. The van der Waals surface area contributed by atoms with E-state index in [-0.39, 0.29) is 5.91 Å². The number of carbonyl (C=O) groups is 1. The summed E-state index contributed by atoms with van der Waals surface area (Å²) in [6.45, 7) is 3.91. The van der Waals surface area contributed by atoms with Crippen molar-refractivity contribution in [1.29, 1.82) is 0 Å². The highest BCUT2D eigenvalue weighted by atomic mass is 16.5. The molecule has 16 heavy (non-hydrogen) atoms. The second-order valence-electron chi connectivity index (χ2n) is 4.01. The molecule has 0 atom stereocenters. The minimum atomic E-state index is 0.164. The minimum Gasteiger partial charge on any atom is -0.343 e. The number of likely N-dealkylation sites (tertiary alicyclic amines) is 1. The zero-order chi connectivity index (χ0) is 11.4. The molecule has 1 amide bonds. The Morgan fingerprint density at radius 1 is 1.62 bits per heavy atom. The van der Waals surface area contributed by atoms with Gasteiger partial charge >= 0.3 is 0 Å². The third kappa shape index (κ3) is 2.79. The van der Waals surface area contributed by atoms with Crippen molar-refractivity contribution in [3.05, 3.63) is 12.2 Å². The second kappa shape index (κ2) is 5.07. The van der Waals surface area contributed by atoms with Gasteiger partial charge in [-0.25, -0.2) is 0 Å². The van der Waals surface area contributed by atoms with Crippen molar-refractivity contribution in [2.45, 2.75) is 32.4 Å². The molecule has 1 N–H and O–H groups in total. The monoisotopic (exact) mass is 224 g/mol. The Balaban J connectivity index is 1.71. The van der Waals surface area contributed by atoms with Crippen LogP contribution in [0.3, 0.4) is 0 Å². The first kappa shape index (κ1) is 11.1. The Hall–Kier alpha value is -1.43. The molecule has 6 nitrogen and oxygen atoms in total. The third-order valence-electron chi connectivity index (χ3n) is 2.90. The number of nitrogens with one attached hydrogen (secondary N) is 1. The van der Waals surface area contributed by atoms with Crippen molar-refractivity contribution in [1.82, 2.24) is 20.4 Å². The molecule has 0 aliphatic carbocycles. The van der Waals surface area contributed by atoms with Gasteiger partial charge in [-0.3, -0.25) is 4.79 Å². The average molecular weight is 224 g/mol. The van der Waals surface area contributed by atoms with E-state index in [1.807, 2.05) is 4.90 Å². The summed E-state index contributed by atoms with van der Waals surface area (Å²) < 4.78 is 4.65. The van der Waals surface area contributed by atoms with Gasteiger partial charge in [0, 0.05) is 26.1 Å². The lowest BCUT2D eigenvalue weighted by atomic mass is 10.1. The number of hydrogen-bond donors (Lipinski definition) is 1. The Morgan fingerprint density at radius 2 is 2.38 bits per heavy atom. The fourth-order valence-electron chi connectivity index (χ4n) is 1.90. The first-order valence-electron chi connectivity index (χ1n) is 5.50. The lowest BCUT2D eigenvalue weighted by Gasteiger charge is -2.31. The second-order valence-corrected chi connectivity index (χ2v) is 4.01. The van der Waals surface area contributed by atoms with E-state index in [2.05, 4.69) is 20.0 Å². The molecule has 0 saturated carbocycles. The molecule has 1 aromatic heterocycles. The molecule has 0 radical (unpaired) electrons. The van der Waals surface area contributed by atoms with Crippen molar-refractivity contribution < 1.29 is 9.32 Å². The van der Waals surface area contributed by atoms with Crippen LogP contribution in [0.2, 0.25) is 0 Å². The summed E-state index contributed by atoms with van der Waals surface area (Å²) in [6.07, 6.45) is 3.30. The molecule has 0 bridgehead atoms. The van der Waals surface area contributed by atoms with Gasteiger partial charge in [-0.2, -0.15) is 4.98 Å². The maximum absolute atomic E-state index is 11.1. The van der Waals surface area contributed by atoms with Crippen LogP contribution >= 0.6 is 0 Å². The molecule has 1 fully saturated rings. The summed E-state index contributed by atoms with van der Waals surface area (Å²) >= 11 is 0. The van der Waals surface area contributed by atoms with Gasteiger partial charge in [-0.05, 0) is 12.8 Å². The van der Waals surface area contributed by atoms with Crippen molar-refractivity contribution in [2.24, 2.45) is 0 Å². The van der Waals surface area contributed by atoms with Crippen LogP contribution in [-0.4, -0.2) is 40.1 Å². The van der Waals surface area contributed by atoms with Crippen LogP contribution in [0.15, 0.2) is 10.9 Å². The highest BCUT2D eigenvalue weighted by Gasteiger charge is 2.20. The van der Waals surface area contributed by atoms with Gasteiger partial charge < -0.3 is 14.7 Å². The molecule has 1 aromatic rings. The molecule has 2 heterocycles. The molecular weight excluding hydrogens is 208 g/mol. The van der Waals surface area contributed by atoms with Gasteiger partial charge in [-0.15, -0.1) is 0 Å². The van der Waals surface area contributed by atoms with E-state index in [1.165, 1.54) is 6.39 Å². The normalized spacial score (nSPS) is 17.7. The number of hydrogen-bond acceptors (Lipinski definition) is 5. The zero-order valence-electron chi connectivity index (χ0n) is 9.35. The number of rotatable bonds is 3. The molecule has 1 aliphatic heterocycles. The summed E-state index contributed by atoms with van der Waals surface area (Å²) in [5.41, 5.74) is 0. The largest absolute Gasteiger partial charge is 0.343 e. The van der Waals surface area contributed by atoms with E-state index in [1.54, 1.807) is 6.92 Å². The van der Waals surface area contributed by atoms with Gasteiger partial charge in [0.15, 0.2) is 5.82 Å². The number of aromatic nitrogens is 2. The highest BCUT2D eigenvalue weighted by molar-refractivity contribution is 5.73. The summed E-state index contributed by atoms with van der Waals surface area (Å²) in [5, 5.41) is 7.09. The van der Waals surface area contributed by atoms with Crippen molar-refractivity contribution in [3.63, 3.8) is 0 Å². The Bertz CT molecular complexity index is 331. The summed E-state index contributed by atoms with van der Waals surface area (Å²) in [7, 11) is 0. The van der Waals surface area contributed by atoms with Gasteiger partial charge in [0.05, 0.1) is 6.54 Å². The van der Waals surface area contributed by atoms with Crippen molar-refractivity contribution in [2.75, 3.05) is 13.1 Å². The van der Waals surface area contributed by atoms with Gasteiger partial charge in [0.2, 0.25) is 12.3 Å². The van der Waals surface area contributed by atoms with Crippen LogP contribution < -0.4 is 5.32 Å². The molecule has 0 unspecified atom stereocenters. The SMILES string of the molecule is CC(=O)N1CCC(NCc2ncon2)CC1. The van der Waals surface area contributed by atoms with Crippen LogP contribution in [0.25, 0.3) is 0 Å². The van der Waals surface area contributed by atoms with E-state index in [9.17, 15) is 4.79 Å². The van der Waals surface area contributed by atoms with E-state index in [0.29, 0.717) is 18.4 Å². The predicted molar refractivity (Wildman–Crippen MR) is 56.4 cm³/mol. The predicted octanol–water partition coefficient (Wildman–Crippen LogP) is 0.170. The Labute approximate surface area is 94.0 Å². The van der Waals surface area contributed by atoms with Crippen LogP contribution in [-0.2, 0) is 11.3 Å². The molecule has 88 valence electrons. The topological polar surface area (TPSA) is 71.3 Å². The van der Waals surface area contributed by atoms with Crippen LogP contribution in [0.5, 0.6) is 0 Å². The van der Waals surface area contributed by atoms with Gasteiger partial charge in [0.1, 0.15) is 0 Å².